The summed E-state index contributed by atoms with van der Waals surface area (Å²) in [4.78, 5) is 6.94. The molecule has 0 spiro atoms. The van der Waals surface area contributed by atoms with Crippen molar-refractivity contribution < 1.29 is 0 Å². The Morgan fingerprint density at radius 1 is 1.25 bits per heavy atom. The van der Waals surface area contributed by atoms with Gasteiger partial charge in [-0.25, -0.2) is 0 Å². The number of hydrogen-bond acceptors (Lipinski definition) is 3. The topological polar surface area (TPSA) is 33.4 Å². The third kappa shape index (κ3) is 2.70. The highest BCUT2D eigenvalue weighted by atomic mass is 127. The maximum Gasteiger partial charge on any atom is 0.0755 e. The summed E-state index contributed by atoms with van der Waals surface area (Å²) in [5.74, 6) is 0. The van der Waals surface area contributed by atoms with Crippen molar-refractivity contribution in [2.24, 2.45) is 4.99 Å². The molecule has 5 heteroatoms. The summed E-state index contributed by atoms with van der Waals surface area (Å²) in [7, 11) is 0. The number of hydrogen-bond donors (Lipinski definition) is 0. The van der Waals surface area contributed by atoms with Crippen LogP contribution < -0.4 is 0 Å². The van der Waals surface area contributed by atoms with Crippen LogP contribution in [0, 0.1) is 3.57 Å². The quantitative estimate of drug-likeness (QED) is 0.668. The molecule has 2 aromatic rings. The van der Waals surface area contributed by atoms with Crippen LogP contribution in [0.1, 0.15) is 36.6 Å². The standard InChI is InChI=1S/C19H19IN4/c1-13(2)24-12-14(11-22-24)18-10-19-16-4-3-5-17(20)15(16)6-8-23(19)9-7-21-18/h3-5,7,9-13H,6,8H2,1-2H3. The molecular weight excluding hydrogens is 411 g/mol. The fraction of sp³-hybridized carbons (Fsp3) is 0.263. The monoisotopic (exact) mass is 430 g/mol. The summed E-state index contributed by atoms with van der Waals surface area (Å²) in [5, 5.41) is 4.45. The molecule has 3 heterocycles. The van der Waals surface area contributed by atoms with Crippen LogP contribution in [0.3, 0.4) is 0 Å². The second-order valence-electron chi connectivity index (χ2n) is 6.35. The molecule has 1 aromatic carbocycles. The average Bonchev–Trinajstić information content (AvgIpc) is 2.96. The molecule has 0 amide bonds. The van der Waals surface area contributed by atoms with Crippen LogP contribution in [0.5, 0.6) is 0 Å². The van der Waals surface area contributed by atoms with Gasteiger partial charge in [0.2, 0.25) is 0 Å². The molecule has 2 aliphatic heterocycles. The van der Waals surface area contributed by atoms with E-state index in [0.717, 1.165) is 24.2 Å². The van der Waals surface area contributed by atoms with Gasteiger partial charge in [-0.15, -0.1) is 0 Å². The van der Waals surface area contributed by atoms with E-state index in [0.29, 0.717) is 6.04 Å². The molecule has 4 nitrogen and oxygen atoms in total. The van der Waals surface area contributed by atoms with Gasteiger partial charge in [0.05, 0.1) is 17.6 Å². The van der Waals surface area contributed by atoms with Gasteiger partial charge in [0.1, 0.15) is 0 Å². The van der Waals surface area contributed by atoms with Gasteiger partial charge in [-0.05, 0) is 60.6 Å². The van der Waals surface area contributed by atoms with Gasteiger partial charge in [0, 0.05) is 45.9 Å². The number of rotatable bonds is 2. The molecule has 0 saturated carbocycles. The predicted octanol–water partition coefficient (Wildman–Crippen LogP) is 4.24. The molecule has 0 unspecified atom stereocenters. The lowest BCUT2D eigenvalue weighted by atomic mass is 9.95. The smallest absolute Gasteiger partial charge is 0.0755 e. The van der Waals surface area contributed by atoms with Crippen LogP contribution >= 0.6 is 22.6 Å². The summed E-state index contributed by atoms with van der Waals surface area (Å²) in [5.41, 5.74) is 5.99. The zero-order valence-electron chi connectivity index (χ0n) is 13.8. The summed E-state index contributed by atoms with van der Waals surface area (Å²) < 4.78 is 3.31. The van der Waals surface area contributed by atoms with Gasteiger partial charge in [-0.2, -0.15) is 5.10 Å². The van der Waals surface area contributed by atoms with E-state index < -0.39 is 0 Å². The van der Waals surface area contributed by atoms with E-state index in [2.05, 4.69) is 88.1 Å². The second kappa shape index (κ2) is 6.20. The number of aliphatic imine (C=N–C) groups is 1. The molecule has 122 valence electrons. The van der Waals surface area contributed by atoms with Gasteiger partial charge in [-0.3, -0.25) is 9.67 Å². The van der Waals surface area contributed by atoms with E-state index in [1.807, 2.05) is 17.1 Å². The van der Waals surface area contributed by atoms with Crippen molar-refractivity contribution in [1.82, 2.24) is 14.7 Å². The van der Waals surface area contributed by atoms with E-state index in [4.69, 9.17) is 0 Å². The van der Waals surface area contributed by atoms with Gasteiger partial charge in [-0.1, -0.05) is 12.1 Å². The van der Waals surface area contributed by atoms with Crippen LogP contribution in [-0.2, 0) is 6.42 Å². The minimum Gasteiger partial charge on any atom is -0.346 e. The van der Waals surface area contributed by atoms with Crippen LogP contribution in [0.2, 0.25) is 0 Å². The molecule has 0 bridgehead atoms. The minimum absolute atomic E-state index is 0.349. The molecule has 24 heavy (non-hydrogen) atoms. The number of benzene rings is 1. The molecule has 0 atom stereocenters. The summed E-state index contributed by atoms with van der Waals surface area (Å²) in [6.07, 6.45) is 11.2. The highest BCUT2D eigenvalue weighted by Crippen LogP contribution is 2.33. The van der Waals surface area contributed by atoms with Crippen LogP contribution in [0.25, 0.3) is 5.70 Å². The van der Waals surface area contributed by atoms with E-state index >= 15 is 0 Å². The molecular formula is C19H19IN4. The van der Waals surface area contributed by atoms with E-state index in [9.17, 15) is 0 Å². The SMILES string of the molecule is CC(C)n1cc(C2=NC=CN3CCc4c(I)cccc4C3=C2)cn1. The summed E-state index contributed by atoms with van der Waals surface area (Å²) >= 11 is 2.44. The van der Waals surface area contributed by atoms with Crippen molar-refractivity contribution in [2.75, 3.05) is 6.54 Å². The van der Waals surface area contributed by atoms with Gasteiger partial charge in [0.25, 0.3) is 0 Å². The normalized spacial score (nSPS) is 16.4. The van der Waals surface area contributed by atoms with Gasteiger partial charge < -0.3 is 4.90 Å². The Morgan fingerprint density at radius 3 is 2.92 bits per heavy atom. The number of allylic oxidation sites excluding steroid dienone is 1. The van der Waals surface area contributed by atoms with Crippen molar-refractivity contribution in [2.45, 2.75) is 26.3 Å². The Bertz CT molecular complexity index is 873. The number of fused-ring (bicyclic) bond motifs is 3. The maximum absolute atomic E-state index is 4.65. The van der Waals surface area contributed by atoms with Crippen LogP contribution in [0.4, 0.5) is 0 Å². The first kappa shape index (κ1) is 15.6. The summed E-state index contributed by atoms with van der Waals surface area (Å²) in [6, 6.07) is 6.88. The zero-order valence-corrected chi connectivity index (χ0v) is 15.9. The lowest BCUT2D eigenvalue weighted by Gasteiger charge is -2.30. The molecule has 0 saturated heterocycles. The van der Waals surface area contributed by atoms with Crippen molar-refractivity contribution in [1.29, 1.82) is 0 Å². The second-order valence-corrected chi connectivity index (χ2v) is 7.52. The van der Waals surface area contributed by atoms with E-state index in [1.165, 1.54) is 20.4 Å². The highest BCUT2D eigenvalue weighted by molar-refractivity contribution is 14.1. The molecule has 2 aliphatic rings. The van der Waals surface area contributed by atoms with Crippen molar-refractivity contribution >= 4 is 34.0 Å². The Balaban J connectivity index is 1.80. The number of nitrogens with zero attached hydrogens (tertiary/aromatic N) is 4. The van der Waals surface area contributed by atoms with E-state index in [1.54, 1.807) is 0 Å². The number of halogens is 1. The first-order valence-electron chi connectivity index (χ1n) is 8.18. The Hall–Kier alpha value is -1.89. The maximum atomic E-state index is 4.65. The van der Waals surface area contributed by atoms with E-state index in [-0.39, 0.29) is 0 Å². The summed E-state index contributed by atoms with van der Waals surface area (Å²) in [6.45, 7) is 5.25. The molecule has 0 aliphatic carbocycles. The van der Waals surface area contributed by atoms with Crippen molar-refractivity contribution in [3.8, 4) is 0 Å². The predicted molar refractivity (Wildman–Crippen MR) is 106 cm³/mol. The van der Waals surface area contributed by atoms with Crippen LogP contribution in [0.15, 0.2) is 54.1 Å². The fourth-order valence-corrected chi connectivity index (χ4v) is 3.91. The Kier molecular flexibility index (Phi) is 4.04. The van der Waals surface area contributed by atoms with Crippen molar-refractivity contribution in [3.63, 3.8) is 0 Å². The highest BCUT2D eigenvalue weighted by Gasteiger charge is 2.23. The third-order valence-electron chi connectivity index (χ3n) is 4.47. The molecule has 4 rings (SSSR count). The zero-order chi connectivity index (χ0) is 16.7. The number of aromatic nitrogens is 2. The van der Waals surface area contributed by atoms with Crippen LogP contribution in [-0.4, -0.2) is 26.9 Å². The first-order valence-corrected chi connectivity index (χ1v) is 9.26. The Labute approximate surface area is 155 Å². The molecule has 0 fully saturated rings. The fourth-order valence-electron chi connectivity index (χ4n) is 3.15. The molecule has 1 aromatic heterocycles. The van der Waals surface area contributed by atoms with Gasteiger partial charge >= 0.3 is 0 Å². The Morgan fingerprint density at radius 2 is 2.12 bits per heavy atom. The van der Waals surface area contributed by atoms with Gasteiger partial charge in [0.15, 0.2) is 0 Å². The molecule has 0 N–H and O–H groups in total. The largest absolute Gasteiger partial charge is 0.346 e. The first-order chi connectivity index (χ1) is 11.6. The van der Waals surface area contributed by atoms with Crippen molar-refractivity contribution in [3.05, 3.63) is 69.3 Å². The average molecular weight is 430 g/mol. The third-order valence-corrected chi connectivity index (χ3v) is 5.48. The lowest BCUT2D eigenvalue weighted by molar-refractivity contribution is 0.515. The molecule has 0 radical (unpaired) electrons. The lowest BCUT2D eigenvalue weighted by Crippen LogP contribution is -2.25. The minimum atomic E-state index is 0.349.